The van der Waals surface area contributed by atoms with Crippen molar-refractivity contribution in [2.45, 2.75) is 31.7 Å². The zero-order valence-electron chi connectivity index (χ0n) is 28.2. The van der Waals surface area contributed by atoms with Crippen LogP contribution in [0, 0.1) is 0 Å². The second kappa shape index (κ2) is 9.09. The van der Waals surface area contributed by atoms with E-state index in [1.807, 2.05) is 0 Å². The first-order valence-corrected chi connectivity index (χ1v) is 18.1. The maximum absolute atomic E-state index is 2.65. The first-order chi connectivity index (χ1) is 24.6. The molecule has 0 amide bonds. The van der Waals surface area contributed by atoms with Crippen LogP contribution in [0.4, 0.5) is 11.4 Å². The number of allylic oxidation sites excluding steroid dienone is 2. The van der Waals surface area contributed by atoms with Crippen molar-refractivity contribution in [3.05, 3.63) is 168 Å². The molecule has 7 aromatic carbocycles. The Morgan fingerprint density at radius 2 is 1.44 bits per heavy atom. The number of benzene rings is 7. The molecule has 12 rings (SSSR count). The van der Waals surface area contributed by atoms with Gasteiger partial charge in [-0.25, -0.2) is 0 Å². The Morgan fingerprint density at radius 1 is 0.700 bits per heavy atom. The number of rotatable bonds is 2. The summed E-state index contributed by atoms with van der Waals surface area (Å²) in [6.45, 7) is 5.94. The molecule has 2 nitrogen and oxygen atoms in total. The zero-order chi connectivity index (χ0) is 32.9. The second-order valence-corrected chi connectivity index (χ2v) is 15.1. The Morgan fingerprint density at radius 3 is 2.32 bits per heavy atom. The van der Waals surface area contributed by atoms with E-state index in [0.717, 1.165) is 17.4 Å². The molecule has 1 aromatic heterocycles. The van der Waals surface area contributed by atoms with Crippen molar-refractivity contribution in [2.24, 2.45) is 0 Å². The fourth-order valence-corrected chi connectivity index (χ4v) is 11.1. The predicted octanol–water partition coefficient (Wildman–Crippen LogP) is 11.9. The molecule has 2 aliphatic carbocycles. The summed E-state index contributed by atoms with van der Waals surface area (Å²) in [6, 6.07) is 48.8. The number of likely N-dealkylation sites (N-methyl/N-ethyl adjacent to an activating group) is 1. The summed E-state index contributed by atoms with van der Waals surface area (Å²) in [4.78, 5) is 0. The van der Waals surface area contributed by atoms with Gasteiger partial charge in [-0.2, -0.15) is 0 Å². The van der Waals surface area contributed by atoms with E-state index in [0.29, 0.717) is 0 Å². The largest absolute Gasteiger partial charge is 0.309 e. The number of quaternary nitrogens is 1. The lowest BCUT2D eigenvalue weighted by Gasteiger charge is -2.39. The second-order valence-electron chi connectivity index (χ2n) is 15.1. The Balaban J connectivity index is 1.34. The van der Waals surface area contributed by atoms with Crippen molar-refractivity contribution in [3.8, 4) is 16.8 Å². The molecule has 2 heteroatoms. The number of fused-ring (bicyclic) bond motifs is 18. The molecule has 0 bridgehead atoms. The number of nitrogens with zero attached hydrogens (tertiary/aromatic N) is 2. The average Bonchev–Trinajstić information content (AvgIpc) is 3.87. The van der Waals surface area contributed by atoms with Crippen molar-refractivity contribution in [3.63, 3.8) is 0 Å². The SMILES string of the molecule is CC[N+]12c3ccccc3C3=CC=CC(C)(c4c1c1ccccc1c1c5c6ccccc6ccc5n(-c5ccc6c(c5)-c5ccccc5C6)c41)C32. The van der Waals surface area contributed by atoms with Gasteiger partial charge in [0.15, 0.2) is 5.69 Å². The highest BCUT2D eigenvalue weighted by molar-refractivity contribution is 6.32. The van der Waals surface area contributed by atoms with Crippen LogP contribution in [0.3, 0.4) is 0 Å². The summed E-state index contributed by atoms with van der Waals surface area (Å²) in [5.74, 6) is 0. The van der Waals surface area contributed by atoms with E-state index in [9.17, 15) is 0 Å². The van der Waals surface area contributed by atoms with Gasteiger partial charge in [0.05, 0.1) is 28.6 Å². The van der Waals surface area contributed by atoms with E-state index in [2.05, 4.69) is 164 Å². The number of para-hydroxylation sites is 1. The molecule has 3 heterocycles. The summed E-state index contributed by atoms with van der Waals surface area (Å²) in [6.07, 6.45) is 8.30. The van der Waals surface area contributed by atoms with Crippen LogP contribution in [-0.2, 0) is 11.8 Å². The summed E-state index contributed by atoms with van der Waals surface area (Å²) in [5.41, 5.74) is 16.5. The van der Waals surface area contributed by atoms with Gasteiger partial charge in [-0.3, -0.25) is 4.48 Å². The normalized spacial score (nSPS) is 22.2. The Bertz CT molecular complexity index is 2920. The summed E-state index contributed by atoms with van der Waals surface area (Å²) in [5, 5.41) is 8.06. The number of aromatic nitrogens is 1. The molecule has 0 saturated carbocycles. The maximum Gasteiger partial charge on any atom is 0.152 e. The minimum Gasteiger partial charge on any atom is -0.309 e. The molecule has 0 radical (unpaired) electrons. The van der Waals surface area contributed by atoms with Crippen molar-refractivity contribution in [1.82, 2.24) is 9.05 Å². The van der Waals surface area contributed by atoms with E-state index in [1.165, 1.54) is 99.4 Å². The fourth-order valence-electron chi connectivity index (χ4n) is 11.1. The van der Waals surface area contributed by atoms with Gasteiger partial charge < -0.3 is 4.57 Å². The topological polar surface area (TPSA) is 4.93 Å². The highest BCUT2D eigenvalue weighted by Crippen LogP contribution is 2.68. The van der Waals surface area contributed by atoms with Crippen LogP contribution in [0.15, 0.2) is 146 Å². The van der Waals surface area contributed by atoms with E-state index in [-0.39, 0.29) is 11.5 Å². The molecule has 3 unspecified atom stereocenters. The van der Waals surface area contributed by atoms with Gasteiger partial charge in [0.25, 0.3) is 0 Å². The lowest BCUT2D eigenvalue weighted by atomic mass is 9.71. The lowest BCUT2D eigenvalue weighted by molar-refractivity contribution is 0.331. The standard InChI is InChI=1S/C48H35N2/c1-3-50-41-21-11-10-17-35(41)38-20-12-26-48(2,47(38)50)44-45-43(36-18-8-9-19-37(36)46(44)50)42-34-16-7-4-13-29(34)23-25-40(42)49(45)32-24-22-31-27-30-14-5-6-15-33(30)39(31)28-32/h4-26,28,47H,3,27H2,1-2H3/q+1. The van der Waals surface area contributed by atoms with Gasteiger partial charge in [0, 0.05) is 39.0 Å². The molecule has 236 valence electrons. The predicted molar refractivity (Wildman–Crippen MR) is 211 cm³/mol. The minimum atomic E-state index is -0.220. The Kier molecular flexibility index (Phi) is 4.94. The first kappa shape index (κ1) is 27.2. The van der Waals surface area contributed by atoms with Crippen LogP contribution in [0.1, 0.15) is 36.1 Å². The molecule has 0 saturated heterocycles. The van der Waals surface area contributed by atoms with Crippen LogP contribution in [0.25, 0.3) is 65.7 Å². The lowest BCUT2D eigenvalue weighted by Crippen LogP contribution is -2.52. The van der Waals surface area contributed by atoms with Crippen molar-refractivity contribution < 1.29 is 0 Å². The monoisotopic (exact) mass is 639 g/mol. The molecule has 4 aliphatic rings. The van der Waals surface area contributed by atoms with Crippen LogP contribution >= 0.6 is 0 Å². The van der Waals surface area contributed by atoms with Crippen LogP contribution in [0.5, 0.6) is 0 Å². The highest BCUT2D eigenvalue weighted by atomic mass is 15.4. The summed E-state index contributed by atoms with van der Waals surface area (Å²) in [7, 11) is 0. The van der Waals surface area contributed by atoms with Gasteiger partial charge in [0.2, 0.25) is 0 Å². The maximum atomic E-state index is 2.65. The molecule has 50 heavy (non-hydrogen) atoms. The van der Waals surface area contributed by atoms with E-state index in [4.69, 9.17) is 0 Å². The van der Waals surface area contributed by atoms with Gasteiger partial charge in [-0.15, -0.1) is 0 Å². The molecule has 8 aromatic rings. The third-order valence-electron chi connectivity index (χ3n) is 12.9. The van der Waals surface area contributed by atoms with Crippen molar-refractivity contribution in [2.75, 3.05) is 6.54 Å². The van der Waals surface area contributed by atoms with Crippen molar-refractivity contribution >= 4 is 60.3 Å². The molecule has 0 fully saturated rings. The molecule has 2 aliphatic heterocycles. The summed E-state index contributed by atoms with van der Waals surface area (Å²) >= 11 is 0. The smallest absolute Gasteiger partial charge is 0.152 e. The first-order valence-electron chi connectivity index (χ1n) is 18.1. The van der Waals surface area contributed by atoms with Crippen LogP contribution in [0.2, 0.25) is 0 Å². The van der Waals surface area contributed by atoms with E-state index < -0.39 is 0 Å². The summed E-state index contributed by atoms with van der Waals surface area (Å²) < 4.78 is 3.51. The van der Waals surface area contributed by atoms with Crippen LogP contribution < -0.4 is 4.48 Å². The molecular weight excluding hydrogens is 605 g/mol. The zero-order valence-corrected chi connectivity index (χ0v) is 28.2. The van der Waals surface area contributed by atoms with E-state index in [1.54, 1.807) is 0 Å². The number of hydrogen-bond acceptors (Lipinski definition) is 0. The molecule has 3 atom stereocenters. The van der Waals surface area contributed by atoms with Gasteiger partial charge in [0.1, 0.15) is 11.7 Å². The van der Waals surface area contributed by atoms with Crippen LogP contribution in [-0.4, -0.2) is 17.2 Å². The minimum absolute atomic E-state index is 0.220. The van der Waals surface area contributed by atoms with E-state index >= 15 is 0 Å². The third kappa shape index (κ3) is 2.95. The Hall–Kier alpha value is -5.70. The molecular formula is C48H35N2+. The fraction of sp³-hybridized carbons (Fsp3) is 0.125. The number of hydrogen-bond donors (Lipinski definition) is 0. The van der Waals surface area contributed by atoms with Gasteiger partial charge in [-0.05, 0) is 89.0 Å². The Labute approximate surface area is 291 Å². The van der Waals surface area contributed by atoms with Gasteiger partial charge in [-0.1, -0.05) is 109 Å². The van der Waals surface area contributed by atoms with Gasteiger partial charge >= 0.3 is 0 Å². The third-order valence-corrected chi connectivity index (χ3v) is 12.9. The quantitative estimate of drug-likeness (QED) is 0.166. The molecule has 0 spiro atoms. The van der Waals surface area contributed by atoms with Crippen molar-refractivity contribution in [1.29, 1.82) is 0 Å². The highest BCUT2D eigenvalue weighted by Gasteiger charge is 2.67. The average molecular weight is 640 g/mol. The molecule has 0 N–H and O–H groups in total.